The number of rotatable bonds is 9. The van der Waals surface area contributed by atoms with Crippen molar-refractivity contribution in [3.8, 4) is 0 Å². The minimum Gasteiger partial charge on any atom is -0.309 e. The Kier molecular flexibility index (Phi) is 6.25. The van der Waals surface area contributed by atoms with E-state index in [-0.39, 0.29) is 0 Å². The molecule has 1 aliphatic carbocycles. The predicted molar refractivity (Wildman–Crippen MR) is 91.7 cm³/mol. The van der Waals surface area contributed by atoms with Crippen LogP contribution in [0.4, 0.5) is 0 Å². The Morgan fingerprint density at radius 3 is 2.33 bits per heavy atom. The molecule has 1 aliphatic rings. The van der Waals surface area contributed by atoms with Crippen LogP contribution in [0.3, 0.4) is 0 Å². The third-order valence-corrected chi connectivity index (χ3v) is 4.44. The van der Waals surface area contributed by atoms with Crippen LogP contribution in [0.1, 0.15) is 57.7 Å². The van der Waals surface area contributed by atoms with Gasteiger partial charge < -0.3 is 5.32 Å². The van der Waals surface area contributed by atoms with E-state index < -0.39 is 0 Å². The van der Waals surface area contributed by atoms with Crippen molar-refractivity contribution in [1.82, 2.24) is 10.2 Å². The molecule has 21 heavy (non-hydrogen) atoms. The van der Waals surface area contributed by atoms with Gasteiger partial charge in [0.2, 0.25) is 0 Å². The highest BCUT2D eigenvalue weighted by atomic mass is 15.2. The van der Waals surface area contributed by atoms with Gasteiger partial charge in [-0.15, -0.1) is 0 Å². The second-order valence-electron chi connectivity index (χ2n) is 6.88. The highest BCUT2D eigenvalue weighted by molar-refractivity contribution is 5.25. The predicted octanol–water partition coefficient (Wildman–Crippen LogP) is 4.02. The van der Waals surface area contributed by atoms with Crippen LogP contribution in [-0.4, -0.2) is 30.6 Å². The van der Waals surface area contributed by atoms with Crippen molar-refractivity contribution in [1.29, 1.82) is 0 Å². The fraction of sp³-hybridized carbons (Fsp3) is 0.684. The summed E-state index contributed by atoms with van der Waals surface area (Å²) in [6.07, 6.45) is 3.98. The van der Waals surface area contributed by atoms with E-state index >= 15 is 0 Å². The molecule has 0 saturated heterocycles. The van der Waals surface area contributed by atoms with Crippen LogP contribution in [0, 0.1) is 5.92 Å². The van der Waals surface area contributed by atoms with Crippen molar-refractivity contribution in [2.75, 3.05) is 19.6 Å². The minimum absolute atomic E-state index is 0.441. The Hall–Kier alpha value is -0.860. The van der Waals surface area contributed by atoms with Gasteiger partial charge in [0, 0.05) is 25.2 Å². The third kappa shape index (κ3) is 5.44. The molecule has 1 aromatic rings. The van der Waals surface area contributed by atoms with E-state index in [4.69, 9.17) is 0 Å². The van der Waals surface area contributed by atoms with Crippen LogP contribution in [-0.2, 0) is 6.42 Å². The molecule has 1 N–H and O–H groups in total. The van der Waals surface area contributed by atoms with E-state index in [2.05, 4.69) is 62.2 Å². The first kappa shape index (κ1) is 16.5. The molecule has 1 fully saturated rings. The Bertz CT molecular complexity index is 406. The topological polar surface area (TPSA) is 15.3 Å². The van der Waals surface area contributed by atoms with Gasteiger partial charge in [0.05, 0.1) is 0 Å². The van der Waals surface area contributed by atoms with Gasteiger partial charge in [0.1, 0.15) is 0 Å². The molecule has 0 aliphatic heterocycles. The molecule has 0 amide bonds. The lowest BCUT2D eigenvalue weighted by Gasteiger charge is -2.22. The molecule has 1 atom stereocenters. The number of hydrogen-bond acceptors (Lipinski definition) is 2. The largest absolute Gasteiger partial charge is 0.309 e. The molecule has 2 rings (SSSR count). The standard InChI is InChI=1S/C19H32N2/c1-5-21(19-10-11-19)13-12-20-16(4)18-8-6-17(7-9-18)14-15(2)3/h6-9,15-16,19-20H,5,10-14H2,1-4H3. The van der Waals surface area contributed by atoms with Crippen molar-refractivity contribution >= 4 is 0 Å². The van der Waals surface area contributed by atoms with Crippen LogP contribution < -0.4 is 5.32 Å². The highest BCUT2D eigenvalue weighted by Gasteiger charge is 2.27. The number of nitrogens with zero attached hydrogens (tertiary/aromatic N) is 1. The molecule has 2 heteroatoms. The van der Waals surface area contributed by atoms with E-state index in [9.17, 15) is 0 Å². The van der Waals surface area contributed by atoms with Crippen molar-refractivity contribution in [2.45, 2.75) is 59.0 Å². The van der Waals surface area contributed by atoms with Gasteiger partial charge in [0.25, 0.3) is 0 Å². The zero-order chi connectivity index (χ0) is 15.2. The molecule has 0 radical (unpaired) electrons. The van der Waals surface area contributed by atoms with Crippen LogP contribution in [0.5, 0.6) is 0 Å². The van der Waals surface area contributed by atoms with Gasteiger partial charge >= 0.3 is 0 Å². The first-order valence-corrected chi connectivity index (χ1v) is 8.66. The Morgan fingerprint density at radius 2 is 1.81 bits per heavy atom. The van der Waals surface area contributed by atoms with Crippen molar-refractivity contribution in [3.05, 3.63) is 35.4 Å². The molecule has 0 spiro atoms. The monoisotopic (exact) mass is 288 g/mol. The summed E-state index contributed by atoms with van der Waals surface area (Å²) in [6.45, 7) is 12.5. The minimum atomic E-state index is 0.441. The average molecular weight is 288 g/mol. The summed E-state index contributed by atoms with van der Waals surface area (Å²) in [5, 5.41) is 3.66. The summed E-state index contributed by atoms with van der Waals surface area (Å²) in [5.74, 6) is 0.730. The summed E-state index contributed by atoms with van der Waals surface area (Å²) >= 11 is 0. The maximum absolute atomic E-state index is 3.66. The van der Waals surface area contributed by atoms with E-state index in [0.29, 0.717) is 6.04 Å². The van der Waals surface area contributed by atoms with Gasteiger partial charge in [-0.25, -0.2) is 0 Å². The molecule has 1 saturated carbocycles. The molecule has 0 bridgehead atoms. The highest BCUT2D eigenvalue weighted by Crippen LogP contribution is 2.26. The van der Waals surface area contributed by atoms with E-state index in [1.54, 1.807) is 0 Å². The van der Waals surface area contributed by atoms with Crippen molar-refractivity contribution in [3.63, 3.8) is 0 Å². The average Bonchev–Trinajstić information content (AvgIpc) is 3.28. The Labute approximate surface area is 130 Å². The normalized spacial score (nSPS) is 16.7. The zero-order valence-corrected chi connectivity index (χ0v) is 14.2. The van der Waals surface area contributed by atoms with Crippen LogP contribution in [0.15, 0.2) is 24.3 Å². The van der Waals surface area contributed by atoms with Gasteiger partial charge in [-0.05, 0) is 49.8 Å². The quantitative estimate of drug-likeness (QED) is 0.738. The molecule has 118 valence electrons. The molecule has 1 aromatic carbocycles. The summed E-state index contributed by atoms with van der Waals surface area (Å²) in [6, 6.07) is 10.5. The smallest absolute Gasteiger partial charge is 0.0292 e. The lowest BCUT2D eigenvalue weighted by atomic mass is 10.00. The molecule has 0 heterocycles. The fourth-order valence-corrected chi connectivity index (χ4v) is 2.99. The van der Waals surface area contributed by atoms with E-state index in [1.807, 2.05) is 0 Å². The van der Waals surface area contributed by atoms with Gasteiger partial charge in [-0.3, -0.25) is 4.90 Å². The van der Waals surface area contributed by atoms with Crippen LogP contribution in [0.2, 0.25) is 0 Å². The summed E-state index contributed by atoms with van der Waals surface area (Å²) in [4.78, 5) is 2.60. The zero-order valence-electron chi connectivity index (χ0n) is 14.2. The number of nitrogens with one attached hydrogen (secondary N) is 1. The molecule has 1 unspecified atom stereocenters. The molecule has 2 nitrogen and oxygen atoms in total. The molecular weight excluding hydrogens is 256 g/mol. The summed E-state index contributed by atoms with van der Waals surface area (Å²) in [5.41, 5.74) is 2.85. The first-order chi connectivity index (χ1) is 10.1. The van der Waals surface area contributed by atoms with Crippen molar-refractivity contribution < 1.29 is 0 Å². The lowest BCUT2D eigenvalue weighted by molar-refractivity contribution is 0.273. The first-order valence-electron chi connectivity index (χ1n) is 8.66. The van der Waals surface area contributed by atoms with Crippen LogP contribution >= 0.6 is 0 Å². The van der Waals surface area contributed by atoms with Gasteiger partial charge in [0.15, 0.2) is 0 Å². The number of likely N-dealkylation sites (N-methyl/N-ethyl adjacent to an activating group) is 1. The number of hydrogen-bond donors (Lipinski definition) is 1. The fourth-order valence-electron chi connectivity index (χ4n) is 2.99. The van der Waals surface area contributed by atoms with E-state index in [1.165, 1.54) is 43.5 Å². The maximum Gasteiger partial charge on any atom is 0.0292 e. The second kappa shape index (κ2) is 7.95. The maximum atomic E-state index is 3.66. The van der Waals surface area contributed by atoms with Gasteiger partial charge in [-0.2, -0.15) is 0 Å². The second-order valence-corrected chi connectivity index (χ2v) is 6.88. The van der Waals surface area contributed by atoms with Gasteiger partial charge in [-0.1, -0.05) is 45.0 Å². The van der Waals surface area contributed by atoms with Crippen LogP contribution in [0.25, 0.3) is 0 Å². The SMILES string of the molecule is CCN(CCNC(C)c1ccc(CC(C)C)cc1)C1CC1. The Morgan fingerprint density at radius 1 is 1.14 bits per heavy atom. The number of benzene rings is 1. The molecule has 0 aromatic heterocycles. The molecular formula is C19H32N2. The van der Waals surface area contributed by atoms with Crippen molar-refractivity contribution in [2.24, 2.45) is 5.92 Å². The van der Waals surface area contributed by atoms with E-state index in [0.717, 1.165) is 18.5 Å². The third-order valence-electron chi connectivity index (χ3n) is 4.44. The summed E-state index contributed by atoms with van der Waals surface area (Å²) < 4.78 is 0. The Balaban J connectivity index is 1.75. The lowest BCUT2D eigenvalue weighted by Crippen LogP contribution is -2.34. The summed E-state index contributed by atoms with van der Waals surface area (Å²) in [7, 11) is 0.